The van der Waals surface area contributed by atoms with Crippen molar-refractivity contribution >= 4 is 21.8 Å². The fourth-order valence-corrected chi connectivity index (χ4v) is 3.53. The first-order valence-corrected chi connectivity index (χ1v) is 8.69. The molecule has 1 amide bonds. The van der Waals surface area contributed by atoms with Crippen molar-refractivity contribution in [3.8, 4) is 0 Å². The first-order valence-electron chi connectivity index (χ1n) is 7.89. The number of carbonyl (C=O) groups excluding carboxylic acids is 1. The van der Waals surface area contributed by atoms with E-state index in [-0.39, 0.29) is 5.91 Å². The van der Waals surface area contributed by atoms with Crippen LogP contribution in [0, 0.1) is 5.92 Å². The molecule has 1 N–H and O–H groups in total. The van der Waals surface area contributed by atoms with Gasteiger partial charge in [-0.25, -0.2) is 0 Å². The number of carbonyl (C=O) groups is 1. The van der Waals surface area contributed by atoms with Crippen LogP contribution in [0.4, 0.5) is 0 Å². The Hall–Kier alpha value is -1.55. The number of nitrogens with zero attached hydrogens (tertiary/aromatic N) is 1. The van der Waals surface area contributed by atoms with Crippen LogP contribution in [-0.2, 0) is 6.54 Å². The molecule has 3 nitrogen and oxygen atoms in total. The number of H-pyrrole nitrogens is 1. The first kappa shape index (κ1) is 15.3. The molecule has 2 aromatic rings. The van der Waals surface area contributed by atoms with E-state index in [1.54, 1.807) is 0 Å². The van der Waals surface area contributed by atoms with E-state index in [2.05, 4.69) is 33.0 Å². The fraction of sp³-hybridized carbons (Fsp3) is 0.389. The third-order valence-electron chi connectivity index (χ3n) is 4.33. The van der Waals surface area contributed by atoms with Crippen LogP contribution < -0.4 is 0 Å². The summed E-state index contributed by atoms with van der Waals surface area (Å²) >= 11 is 3.40. The van der Waals surface area contributed by atoms with E-state index < -0.39 is 0 Å². The molecule has 116 valence electrons. The Bertz CT molecular complexity index is 617. The largest absolute Gasteiger partial charge is 0.356 e. The van der Waals surface area contributed by atoms with Gasteiger partial charge >= 0.3 is 0 Å². The summed E-state index contributed by atoms with van der Waals surface area (Å²) in [5, 5.41) is 0. The number of hydrogen-bond acceptors (Lipinski definition) is 1. The molecular weight excluding hydrogens is 340 g/mol. The van der Waals surface area contributed by atoms with Crippen LogP contribution in [0.15, 0.2) is 47.1 Å². The molecule has 1 aliphatic rings. The minimum atomic E-state index is 0.0847. The number of halogens is 1. The van der Waals surface area contributed by atoms with Gasteiger partial charge in [-0.15, -0.1) is 0 Å². The Morgan fingerprint density at radius 2 is 1.95 bits per heavy atom. The second-order valence-corrected chi connectivity index (χ2v) is 6.97. The van der Waals surface area contributed by atoms with Gasteiger partial charge in [0.15, 0.2) is 0 Å². The number of hydrogen-bond donors (Lipinski definition) is 1. The molecule has 1 aromatic heterocycles. The van der Waals surface area contributed by atoms with Gasteiger partial charge in [0.2, 0.25) is 0 Å². The van der Waals surface area contributed by atoms with E-state index in [9.17, 15) is 4.79 Å². The summed E-state index contributed by atoms with van der Waals surface area (Å²) in [7, 11) is 0. The van der Waals surface area contributed by atoms with Crippen molar-refractivity contribution in [2.45, 2.75) is 32.2 Å². The van der Waals surface area contributed by atoms with Crippen LogP contribution in [0.25, 0.3) is 0 Å². The van der Waals surface area contributed by atoms with E-state index in [1.165, 1.54) is 31.2 Å². The topological polar surface area (TPSA) is 36.1 Å². The number of amides is 1. The van der Waals surface area contributed by atoms with Crippen molar-refractivity contribution in [1.82, 2.24) is 9.88 Å². The fourth-order valence-electron chi connectivity index (χ4n) is 3.19. The second-order valence-electron chi connectivity index (χ2n) is 6.05. The highest BCUT2D eigenvalue weighted by atomic mass is 79.9. The lowest BCUT2D eigenvalue weighted by molar-refractivity contribution is 0.0710. The van der Waals surface area contributed by atoms with Crippen molar-refractivity contribution < 1.29 is 4.79 Å². The number of aromatic amines is 1. The van der Waals surface area contributed by atoms with Crippen molar-refractivity contribution in [2.75, 3.05) is 6.54 Å². The van der Waals surface area contributed by atoms with Gasteiger partial charge in [0.05, 0.1) is 0 Å². The Morgan fingerprint density at radius 3 is 2.59 bits per heavy atom. The molecule has 3 rings (SSSR count). The van der Waals surface area contributed by atoms with Crippen LogP contribution >= 0.6 is 15.9 Å². The molecule has 4 heteroatoms. The smallest absolute Gasteiger partial charge is 0.270 e. The summed E-state index contributed by atoms with van der Waals surface area (Å²) in [6.07, 6.45) is 6.89. The maximum Gasteiger partial charge on any atom is 0.270 e. The van der Waals surface area contributed by atoms with Gasteiger partial charge in [-0.3, -0.25) is 4.79 Å². The van der Waals surface area contributed by atoms with Gasteiger partial charge in [-0.1, -0.05) is 43.2 Å². The molecule has 1 heterocycles. The van der Waals surface area contributed by atoms with Crippen molar-refractivity contribution in [1.29, 1.82) is 0 Å². The molecule has 0 spiro atoms. The van der Waals surface area contributed by atoms with E-state index in [1.807, 2.05) is 35.4 Å². The Labute approximate surface area is 139 Å². The molecule has 0 bridgehead atoms. The number of benzene rings is 1. The van der Waals surface area contributed by atoms with E-state index in [0.29, 0.717) is 18.2 Å². The Kier molecular flexibility index (Phi) is 4.98. The van der Waals surface area contributed by atoms with Crippen LogP contribution in [0.2, 0.25) is 0 Å². The Morgan fingerprint density at radius 1 is 1.23 bits per heavy atom. The zero-order chi connectivity index (χ0) is 15.4. The summed E-state index contributed by atoms with van der Waals surface area (Å²) in [6.45, 7) is 1.52. The molecular formula is C18H21BrN2O. The standard InChI is InChI=1S/C18H21BrN2O/c19-16-10-17(20-11-16)18(22)21(13-15-8-4-5-9-15)12-14-6-2-1-3-7-14/h1-3,6-7,10-11,15,20H,4-5,8-9,12-13H2. The molecule has 0 unspecified atom stereocenters. The monoisotopic (exact) mass is 360 g/mol. The zero-order valence-corrected chi connectivity index (χ0v) is 14.2. The number of rotatable bonds is 5. The van der Waals surface area contributed by atoms with Crippen LogP contribution in [0.5, 0.6) is 0 Å². The molecule has 0 radical (unpaired) electrons. The summed E-state index contributed by atoms with van der Waals surface area (Å²) in [5.41, 5.74) is 1.83. The maximum atomic E-state index is 12.8. The molecule has 22 heavy (non-hydrogen) atoms. The number of nitrogens with one attached hydrogen (secondary N) is 1. The zero-order valence-electron chi connectivity index (χ0n) is 12.6. The number of aromatic nitrogens is 1. The molecule has 0 saturated heterocycles. The van der Waals surface area contributed by atoms with Gasteiger partial charge in [0, 0.05) is 23.8 Å². The lowest BCUT2D eigenvalue weighted by Crippen LogP contribution is -2.34. The lowest BCUT2D eigenvalue weighted by Gasteiger charge is -2.25. The van der Waals surface area contributed by atoms with Crippen LogP contribution in [0.1, 0.15) is 41.7 Å². The molecule has 1 fully saturated rings. The maximum absolute atomic E-state index is 12.8. The third kappa shape index (κ3) is 3.80. The van der Waals surface area contributed by atoms with E-state index in [0.717, 1.165) is 11.0 Å². The molecule has 1 aliphatic carbocycles. The summed E-state index contributed by atoms with van der Waals surface area (Å²) < 4.78 is 0.913. The molecule has 1 aromatic carbocycles. The predicted octanol–water partition coefficient (Wildman–Crippen LogP) is 4.61. The SMILES string of the molecule is O=C(c1cc(Br)c[nH]1)N(Cc1ccccc1)CC1CCCC1. The van der Waals surface area contributed by atoms with E-state index in [4.69, 9.17) is 0 Å². The van der Waals surface area contributed by atoms with Gasteiger partial charge < -0.3 is 9.88 Å². The lowest BCUT2D eigenvalue weighted by atomic mass is 10.1. The van der Waals surface area contributed by atoms with Crippen LogP contribution in [-0.4, -0.2) is 22.3 Å². The van der Waals surface area contributed by atoms with Gasteiger partial charge in [0.25, 0.3) is 5.91 Å². The van der Waals surface area contributed by atoms with Gasteiger partial charge in [-0.05, 0) is 46.3 Å². The second kappa shape index (κ2) is 7.14. The van der Waals surface area contributed by atoms with Crippen LogP contribution in [0.3, 0.4) is 0 Å². The average molecular weight is 361 g/mol. The predicted molar refractivity (Wildman–Crippen MR) is 91.6 cm³/mol. The quantitative estimate of drug-likeness (QED) is 0.830. The highest BCUT2D eigenvalue weighted by Gasteiger charge is 2.23. The summed E-state index contributed by atoms with van der Waals surface area (Å²) in [4.78, 5) is 17.9. The minimum absolute atomic E-state index is 0.0847. The van der Waals surface area contributed by atoms with Gasteiger partial charge in [-0.2, -0.15) is 0 Å². The summed E-state index contributed by atoms with van der Waals surface area (Å²) in [5.74, 6) is 0.729. The first-order chi connectivity index (χ1) is 10.7. The van der Waals surface area contributed by atoms with Crippen molar-refractivity contribution in [2.24, 2.45) is 5.92 Å². The highest BCUT2D eigenvalue weighted by molar-refractivity contribution is 9.10. The molecule has 1 saturated carbocycles. The molecule has 0 atom stereocenters. The highest BCUT2D eigenvalue weighted by Crippen LogP contribution is 2.26. The molecule has 0 aliphatic heterocycles. The summed E-state index contributed by atoms with van der Waals surface area (Å²) in [6, 6.07) is 12.1. The normalized spacial score (nSPS) is 15.1. The van der Waals surface area contributed by atoms with Crippen molar-refractivity contribution in [3.05, 3.63) is 58.3 Å². The third-order valence-corrected chi connectivity index (χ3v) is 4.79. The Balaban J connectivity index is 1.76. The van der Waals surface area contributed by atoms with Gasteiger partial charge in [0.1, 0.15) is 5.69 Å². The van der Waals surface area contributed by atoms with Crippen molar-refractivity contribution in [3.63, 3.8) is 0 Å². The average Bonchev–Trinajstić information content (AvgIpc) is 3.18. The van der Waals surface area contributed by atoms with E-state index >= 15 is 0 Å². The minimum Gasteiger partial charge on any atom is -0.356 e.